The standard InChI is InChI=1S/C16H18FNO3/c1-16(15(20)21)9-4-10-18(11-16)14(19)8-7-12-5-2-3-6-13(12)17/h2-3,5-8H,4,9-11H2,1H3,(H,20,21). The predicted molar refractivity (Wildman–Crippen MR) is 77.0 cm³/mol. The Kier molecular flexibility index (Phi) is 4.40. The summed E-state index contributed by atoms with van der Waals surface area (Å²) in [6.45, 7) is 2.36. The second-order valence-corrected chi connectivity index (χ2v) is 5.58. The normalized spacial score (nSPS) is 22.5. The van der Waals surface area contributed by atoms with Crippen LogP contribution in [0, 0.1) is 11.2 Å². The molecule has 112 valence electrons. The van der Waals surface area contributed by atoms with Gasteiger partial charge in [-0.1, -0.05) is 18.2 Å². The van der Waals surface area contributed by atoms with Crippen LogP contribution in [0.4, 0.5) is 4.39 Å². The number of carboxylic acids is 1. The van der Waals surface area contributed by atoms with Crippen LogP contribution in [0.2, 0.25) is 0 Å². The molecule has 1 saturated heterocycles. The number of rotatable bonds is 3. The Labute approximate surface area is 122 Å². The topological polar surface area (TPSA) is 57.6 Å². The van der Waals surface area contributed by atoms with Crippen molar-refractivity contribution in [2.45, 2.75) is 19.8 Å². The molecular formula is C16H18FNO3. The van der Waals surface area contributed by atoms with Crippen LogP contribution < -0.4 is 0 Å². The number of amides is 1. The number of hydrogen-bond donors (Lipinski definition) is 1. The van der Waals surface area contributed by atoms with E-state index in [1.165, 1.54) is 23.1 Å². The van der Waals surface area contributed by atoms with Crippen molar-refractivity contribution in [3.63, 3.8) is 0 Å². The lowest BCUT2D eigenvalue weighted by molar-refractivity contribution is -0.152. The van der Waals surface area contributed by atoms with E-state index in [4.69, 9.17) is 0 Å². The molecule has 0 spiro atoms. The van der Waals surface area contributed by atoms with E-state index in [0.29, 0.717) is 24.9 Å². The van der Waals surface area contributed by atoms with Gasteiger partial charge in [-0.15, -0.1) is 0 Å². The fourth-order valence-electron chi connectivity index (χ4n) is 2.48. The van der Waals surface area contributed by atoms with E-state index in [2.05, 4.69) is 0 Å². The highest BCUT2D eigenvalue weighted by Crippen LogP contribution is 2.29. The summed E-state index contributed by atoms with van der Waals surface area (Å²) in [6, 6.07) is 6.18. The molecule has 0 aromatic heterocycles. The predicted octanol–water partition coefficient (Wildman–Crippen LogP) is 2.55. The second-order valence-electron chi connectivity index (χ2n) is 5.58. The quantitative estimate of drug-likeness (QED) is 0.871. The van der Waals surface area contributed by atoms with Crippen LogP contribution in [0.15, 0.2) is 30.3 Å². The molecule has 1 aliphatic rings. The molecule has 1 fully saturated rings. The van der Waals surface area contributed by atoms with Gasteiger partial charge in [0.2, 0.25) is 5.91 Å². The van der Waals surface area contributed by atoms with Crippen LogP contribution in [-0.4, -0.2) is 35.0 Å². The third-order valence-corrected chi connectivity index (χ3v) is 3.84. The average Bonchev–Trinajstić information content (AvgIpc) is 2.46. The average molecular weight is 291 g/mol. The van der Waals surface area contributed by atoms with Gasteiger partial charge in [-0.2, -0.15) is 0 Å². The highest BCUT2D eigenvalue weighted by molar-refractivity contribution is 5.92. The minimum atomic E-state index is -0.903. The molecule has 0 aliphatic carbocycles. The van der Waals surface area contributed by atoms with E-state index < -0.39 is 17.2 Å². The molecule has 0 bridgehead atoms. The summed E-state index contributed by atoms with van der Waals surface area (Å²) in [5.41, 5.74) is -0.566. The van der Waals surface area contributed by atoms with Crippen molar-refractivity contribution in [1.29, 1.82) is 0 Å². The van der Waals surface area contributed by atoms with E-state index in [-0.39, 0.29) is 12.5 Å². The fraction of sp³-hybridized carbons (Fsp3) is 0.375. The first-order valence-electron chi connectivity index (χ1n) is 6.87. The number of piperidine rings is 1. The van der Waals surface area contributed by atoms with E-state index in [1.54, 1.807) is 25.1 Å². The molecule has 2 rings (SSSR count). The van der Waals surface area contributed by atoms with Gasteiger partial charge in [-0.3, -0.25) is 9.59 Å². The molecule has 5 heteroatoms. The van der Waals surface area contributed by atoms with Crippen molar-refractivity contribution in [1.82, 2.24) is 4.90 Å². The number of aliphatic carboxylic acids is 1. The Bertz CT molecular complexity index is 585. The Morgan fingerprint density at radius 3 is 2.76 bits per heavy atom. The van der Waals surface area contributed by atoms with Crippen molar-refractivity contribution in [2.75, 3.05) is 13.1 Å². The van der Waals surface area contributed by atoms with Gasteiger partial charge in [0.25, 0.3) is 0 Å². The largest absolute Gasteiger partial charge is 0.481 e. The van der Waals surface area contributed by atoms with Gasteiger partial charge in [-0.05, 0) is 31.9 Å². The second kappa shape index (κ2) is 6.08. The zero-order chi connectivity index (χ0) is 15.5. The van der Waals surface area contributed by atoms with Crippen molar-refractivity contribution in [3.05, 3.63) is 41.7 Å². The number of carbonyl (C=O) groups excluding carboxylic acids is 1. The van der Waals surface area contributed by atoms with Gasteiger partial charge in [-0.25, -0.2) is 4.39 Å². The molecule has 1 heterocycles. The summed E-state index contributed by atoms with van der Waals surface area (Å²) >= 11 is 0. The van der Waals surface area contributed by atoms with Crippen molar-refractivity contribution in [2.24, 2.45) is 5.41 Å². The van der Waals surface area contributed by atoms with Crippen LogP contribution in [0.25, 0.3) is 6.08 Å². The first kappa shape index (κ1) is 15.2. The smallest absolute Gasteiger partial charge is 0.311 e. The maximum Gasteiger partial charge on any atom is 0.311 e. The maximum absolute atomic E-state index is 13.5. The van der Waals surface area contributed by atoms with E-state index in [0.717, 1.165) is 0 Å². The van der Waals surface area contributed by atoms with Crippen LogP contribution in [-0.2, 0) is 9.59 Å². The van der Waals surface area contributed by atoms with Crippen LogP contribution in [0.3, 0.4) is 0 Å². The number of nitrogens with zero attached hydrogens (tertiary/aromatic N) is 1. The molecule has 21 heavy (non-hydrogen) atoms. The molecule has 1 unspecified atom stereocenters. The lowest BCUT2D eigenvalue weighted by Crippen LogP contribution is -2.47. The summed E-state index contributed by atoms with van der Waals surface area (Å²) in [5, 5.41) is 9.24. The Hall–Kier alpha value is -2.17. The van der Waals surface area contributed by atoms with Gasteiger partial charge < -0.3 is 10.0 Å². The van der Waals surface area contributed by atoms with Crippen LogP contribution in [0.1, 0.15) is 25.3 Å². The Morgan fingerprint density at radius 1 is 1.38 bits per heavy atom. The van der Waals surface area contributed by atoms with E-state index >= 15 is 0 Å². The van der Waals surface area contributed by atoms with Crippen molar-refractivity contribution >= 4 is 18.0 Å². The summed E-state index contributed by atoms with van der Waals surface area (Å²) in [5.74, 6) is -1.57. The number of carbonyl (C=O) groups is 2. The number of benzene rings is 1. The number of likely N-dealkylation sites (tertiary alicyclic amines) is 1. The number of hydrogen-bond acceptors (Lipinski definition) is 2. The molecule has 1 amide bonds. The lowest BCUT2D eigenvalue weighted by atomic mass is 9.82. The zero-order valence-electron chi connectivity index (χ0n) is 11.9. The van der Waals surface area contributed by atoms with Crippen molar-refractivity contribution in [3.8, 4) is 0 Å². The lowest BCUT2D eigenvalue weighted by Gasteiger charge is -2.37. The summed E-state index contributed by atoms with van der Waals surface area (Å²) in [4.78, 5) is 24.9. The molecule has 1 aromatic carbocycles. The Balaban J connectivity index is 2.07. The SMILES string of the molecule is CC1(C(=O)O)CCCN(C(=O)C=Cc2ccccc2F)C1. The molecule has 0 radical (unpaired) electrons. The number of carboxylic acid groups (broad SMARTS) is 1. The van der Waals surface area contributed by atoms with Gasteiger partial charge in [0.1, 0.15) is 5.82 Å². The third kappa shape index (κ3) is 3.48. The van der Waals surface area contributed by atoms with Crippen LogP contribution >= 0.6 is 0 Å². The summed E-state index contributed by atoms with van der Waals surface area (Å²) in [6.07, 6.45) is 3.93. The number of halogens is 1. The van der Waals surface area contributed by atoms with Gasteiger partial charge >= 0.3 is 5.97 Å². The fourth-order valence-corrected chi connectivity index (χ4v) is 2.48. The van der Waals surface area contributed by atoms with Crippen LogP contribution in [0.5, 0.6) is 0 Å². The van der Waals surface area contributed by atoms with Crippen molar-refractivity contribution < 1.29 is 19.1 Å². The third-order valence-electron chi connectivity index (χ3n) is 3.84. The molecule has 1 aromatic rings. The first-order valence-corrected chi connectivity index (χ1v) is 6.87. The molecular weight excluding hydrogens is 273 g/mol. The van der Waals surface area contributed by atoms with E-state index in [9.17, 15) is 19.1 Å². The van der Waals surface area contributed by atoms with Gasteiger partial charge in [0.15, 0.2) is 0 Å². The van der Waals surface area contributed by atoms with Gasteiger partial charge in [0.05, 0.1) is 5.41 Å². The van der Waals surface area contributed by atoms with Gasteiger partial charge in [0, 0.05) is 24.7 Å². The molecule has 0 saturated carbocycles. The molecule has 1 aliphatic heterocycles. The van der Waals surface area contributed by atoms with E-state index in [1.807, 2.05) is 0 Å². The monoisotopic (exact) mass is 291 g/mol. The Morgan fingerprint density at radius 2 is 2.10 bits per heavy atom. The zero-order valence-corrected chi connectivity index (χ0v) is 11.9. The summed E-state index contributed by atoms with van der Waals surface area (Å²) in [7, 11) is 0. The highest BCUT2D eigenvalue weighted by atomic mass is 19.1. The highest BCUT2D eigenvalue weighted by Gasteiger charge is 2.38. The first-order chi connectivity index (χ1) is 9.92. The molecule has 1 N–H and O–H groups in total. The molecule has 4 nitrogen and oxygen atoms in total. The summed E-state index contributed by atoms with van der Waals surface area (Å²) < 4.78 is 13.5. The minimum absolute atomic E-state index is 0.183. The molecule has 1 atom stereocenters. The minimum Gasteiger partial charge on any atom is -0.481 e. The maximum atomic E-state index is 13.5.